The molecule has 0 spiro atoms. The maximum atomic E-state index is 12.6. The third kappa shape index (κ3) is 33.8. The molecule has 0 aromatic carbocycles. The standard InChI is InChI=1S/C40H76O5/c1-4-7-10-13-16-19-20-23-26-29-32-35-39(42)45-40(43)36-37(33-30-27-24-21-17-14-11-8-5-2)44-38(41)34-31-28-25-22-18-15-12-9-6-3/h37H,4-36H2,1-3H3. The van der Waals surface area contributed by atoms with Gasteiger partial charge < -0.3 is 9.47 Å². The molecule has 1 unspecified atom stereocenters. The van der Waals surface area contributed by atoms with Gasteiger partial charge in [0.05, 0.1) is 6.42 Å². The molecule has 0 N–H and O–H groups in total. The number of carbonyl (C=O) groups is 3. The second-order valence-electron chi connectivity index (χ2n) is 13.6. The van der Waals surface area contributed by atoms with Gasteiger partial charge in [-0.15, -0.1) is 0 Å². The second-order valence-corrected chi connectivity index (χ2v) is 13.6. The summed E-state index contributed by atoms with van der Waals surface area (Å²) in [7, 11) is 0. The zero-order valence-corrected chi connectivity index (χ0v) is 30.5. The van der Waals surface area contributed by atoms with Crippen LogP contribution in [0.3, 0.4) is 0 Å². The van der Waals surface area contributed by atoms with Crippen LogP contribution in [0.15, 0.2) is 0 Å². The molecule has 0 aliphatic carbocycles. The van der Waals surface area contributed by atoms with E-state index in [9.17, 15) is 14.4 Å². The Balaban J connectivity index is 4.30. The molecule has 0 bridgehead atoms. The Morgan fingerprint density at radius 1 is 0.378 bits per heavy atom. The lowest BCUT2D eigenvalue weighted by Crippen LogP contribution is -2.24. The van der Waals surface area contributed by atoms with Crippen molar-refractivity contribution in [1.82, 2.24) is 0 Å². The Bertz CT molecular complexity index is 661. The van der Waals surface area contributed by atoms with E-state index >= 15 is 0 Å². The molecule has 0 amide bonds. The average molecular weight is 637 g/mol. The zero-order valence-electron chi connectivity index (χ0n) is 30.5. The minimum Gasteiger partial charge on any atom is -0.462 e. The number of hydrogen-bond acceptors (Lipinski definition) is 5. The van der Waals surface area contributed by atoms with Crippen LogP contribution in [0.5, 0.6) is 0 Å². The molecule has 0 rings (SSSR count). The van der Waals surface area contributed by atoms with Crippen molar-refractivity contribution < 1.29 is 23.9 Å². The first-order valence-electron chi connectivity index (χ1n) is 20.0. The van der Waals surface area contributed by atoms with Gasteiger partial charge >= 0.3 is 17.9 Å². The van der Waals surface area contributed by atoms with Crippen LogP contribution in [0, 0.1) is 0 Å². The summed E-state index contributed by atoms with van der Waals surface area (Å²) in [6.45, 7) is 6.73. The molecule has 0 heterocycles. The molecule has 0 saturated carbocycles. The van der Waals surface area contributed by atoms with Crippen molar-refractivity contribution in [2.75, 3.05) is 0 Å². The number of hydrogen-bond donors (Lipinski definition) is 0. The molecule has 0 radical (unpaired) electrons. The summed E-state index contributed by atoms with van der Waals surface area (Å²) in [5, 5.41) is 0. The molecule has 0 aliphatic heterocycles. The number of unbranched alkanes of at least 4 members (excludes halogenated alkanes) is 26. The monoisotopic (exact) mass is 637 g/mol. The fraction of sp³-hybridized carbons (Fsp3) is 0.925. The van der Waals surface area contributed by atoms with Gasteiger partial charge in [-0.2, -0.15) is 0 Å². The smallest absolute Gasteiger partial charge is 0.317 e. The molecule has 0 aromatic heterocycles. The van der Waals surface area contributed by atoms with E-state index in [2.05, 4.69) is 20.8 Å². The van der Waals surface area contributed by atoms with Crippen molar-refractivity contribution >= 4 is 17.9 Å². The van der Waals surface area contributed by atoms with E-state index in [1.165, 1.54) is 135 Å². The number of ether oxygens (including phenoxy) is 2. The van der Waals surface area contributed by atoms with Crippen LogP contribution in [-0.2, 0) is 23.9 Å². The zero-order chi connectivity index (χ0) is 33.1. The molecule has 1 atom stereocenters. The van der Waals surface area contributed by atoms with E-state index in [-0.39, 0.29) is 18.8 Å². The van der Waals surface area contributed by atoms with Crippen molar-refractivity contribution in [3.8, 4) is 0 Å². The van der Waals surface area contributed by atoms with Crippen LogP contribution in [-0.4, -0.2) is 24.0 Å². The summed E-state index contributed by atoms with van der Waals surface area (Å²) in [4.78, 5) is 37.5. The normalized spacial score (nSPS) is 11.9. The minimum atomic E-state index is -0.556. The summed E-state index contributed by atoms with van der Waals surface area (Å²) in [6.07, 6.45) is 35.9. The summed E-state index contributed by atoms with van der Waals surface area (Å²) in [5.74, 6) is -1.22. The van der Waals surface area contributed by atoms with Crippen LogP contribution in [0.4, 0.5) is 0 Å². The highest BCUT2D eigenvalue weighted by Gasteiger charge is 2.21. The minimum absolute atomic E-state index is 0.0233. The summed E-state index contributed by atoms with van der Waals surface area (Å²) in [6, 6.07) is 0. The summed E-state index contributed by atoms with van der Waals surface area (Å²) >= 11 is 0. The number of esters is 3. The molecule has 0 saturated heterocycles. The summed E-state index contributed by atoms with van der Waals surface area (Å²) < 4.78 is 10.9. The van der Waals surface area contributed by atoms with Crippen molar-refractivity contribution in [3.63, 3.8) is 0 Å². The first kappa shape index (κ1) is 43.6. The molecule has 0 aliphatic rings. The number of carbonyl (C=O) groups excluding carboxylic acids is 3. The predicted octanol–water partition coefficient (Wildman–Crippen LogP) is 12.9. The molecule has 266 valence electrons. The van der Waals surface area contributed by atoms with Gasteiger partial charge in [0.1, 0.15) is 6.10 Å². The van der Waals surface area contributed by atoms with Gasteiger partial charge in [-0.1, -0.05) is 188 Å². The Kier molecular flexibility index (Phi) is 34.4. The lowest BCUT2D eigenvalue weighted by Gasteiger charge is -2.17. The number of rotatable bonds is 35. The van der Waals surface area contributed by atoms with E-state index < -0.39 is 18.0 Å². The third-order valence-corrected chi connectivity index (χ3v) is 9.02. The van der Waals surface area contributed by atoms with Gasteiger partial charge in [0.15, 0.2) is 0 Å². The lowest BCUT2D eigenvalue weighted by atomic mass is 10.0. The second kappa shape index (κ2) is 35.5. The van der Waals surface area contributed by atoms with Gasteiger partial charge in [-0.25, -0.2) is 0 Å². The Morgan fingerprint density at radius 2 is 0.689 bits per heavy atom. The Labute approximate surface area is 280 Å². The van der Waals surface area contributed by atoms with Gasteiger partial charge in [0.2, 0.25) is 0 Å². The molecule has 0 fully saturated rings. The van der Waals surface area contributed by atoms with Crippen LogP contribution in [0.2, 0.25) is 0 Å². The van der Waals surface area contributed by atoms with E-state index in [0.717, 1.165) is 51.4 Å². The molecule has 45 heavy (non-hydrogen) atoms. The largest absolute Gasteiger partial charge is 0.462 e. The van der Waals surface area contributed by atoms with E-state index in [1.54, 1.807) is 0 Å². The Morgan fingerprint density at radius 3 is 1.07 bits per heavy atom. The first-order chi connectivity index (χ1) is 22.0. The van der Waals surface area contributed by atoms with Crippen LogP contribution >= 0.6 is 0 Å². The van der Waals surface area contributed by atoms with Crippen LogP contribution in [0.25, 0.3) is 0 Å². The van der Waals surface area contributed by atoms with Crippen molar-refractivity contribution in [1.29, 1.82) is 0 Å². The molecule has 5 heteroatoms. The lowest BCUT2D eigenvalue weighted by molar-refractivity contribution is -0.163. The average Bonchev–Trinajstić information content (AvgIpc) is 3.01. The van der Waals surface area contributed by atoms with Crippen molar-refractivity contribution in [3.05, 3.63) is 0 Å². The molecule has 0 aromatic rings. The third-order valence-electron chi connectivity index (χ3n) is 9.02. The Hall–Kier alpha value is -1.39. The predicted molar refractivity (Wildman–Crippen MR) is 190 cm³/mol. The van der Waals surface area contributed by atoms with Gasteiger partial charge in [-0.05, 0) is 25.7 Å². The molecular formula is C40H76O5. The first-order valence-corrected chi connectivity index (χ1v) is 20.0. The fourth-order valence-corrected chi connectivity index (χ4v) is 6.05. The quantitative estimate of drug-likeness (QED) is 0.0393. The molecule has 5 nitrogen and oxygen atoms in total. The van der Waals surface area contributed by atoms with Gasteiger partial charge in [-0.3, -0.25) is 14.4 Å². The van der Waals surface area contributed by atoms with Gasteiger partial charge in [0.25, 0.3) is 0 Å². The molecular weight excluding hydrogens is 560 g/mol. The summed E-state index contributed by atoms with van der Waals surface area (Å²) in [5.41, 5.74) is 0. The highest BCUT2D eigenvalue weighted by molar-refractivity contribution is 5.85. The van der Waals surface area contributed by atoms with E-state index in [0.29, 0.717) is 12.8 Å². The fourth-order valence-electron chi connectivity index (χ4n) is 6.05. The van der Waals surface area contributed by atoms with Crippen molar-refractivity contribution in [2.24, 2.45) is 0 Å². The van der Waals surface area contributed by atoms with Gasteiger partial charge in [0, 0.05) is 12.8 Å². The maximum Gasteiger partial charge on any atom is 0.317 e. The van der Waals surface area contributed by atoms with Crippen molar-refractivity contribution in [2.45, 2.75) is 239 Å². The maximum absolute atomic E-state index is 12.6. The highest BCUT2D eigenvalue weighted by Crippen LogP contribution is 2.17. The topological polar surface area (TPSA) is 69.7 Å². The highest BCUT2D eigenvalue weighted by atomic mass is 16.6. The van der Waals surface area contributed by atoms with E-state index in [4.69, 9.17) is 9.47 Å². The van der Waals surface area contributed by atoms with E-state index in [1.807, 2.05) is 0 Å². The SMILES string of the molecule is CCCCCCCCCCCCCC(=O)OC(=O)CC(CCCCCCCCCCC)OC(=O)CCCCCCCCCCC. The van der Waals surface area contributed by atoms with Crippen LogP contribution in [0.1, 0.15) is 233 Å². The van der Waals surface area contributed by atoms with Crippen LogP contribution < -0.4 is 0 Å².